The van der Waals surface area contributed by atoms with Crippen LogP contribution in [0.3, 0.4) is 0 Å². The van der Waals surface area contributed by atoms with Gasteiger partial charge in [-0.25, -0.2) is 4.39 Å². The van der Waals surface area contributed by atoms with Crippen LogP contribution in [0, 0.1) is 12.7 Å². The topological polar surface area (TPSA) is 58.8 Å². The Kier molecular flexibility index (Phi) is 6.22. The third-order valence-corrected chi connectivity index (χ3v) is 4.41. The summed E-state index contributed by atoms with van der Waals surface area (Å²) in [7, 11) is 0. The summed E-state index contributed by atoms with van der Waals surface area (Å²) in [5.41, 5.74) is 0.917. The molecule has 1 aliphatic heterocycles. The van der Waals surface area contributed by atoms with Crippen LogP contribution in [-0.2, 0) is 11.3 Å². The number of aromatic nitrogens is 1. The summed E-state index contributed by atoms with van der Waals surface area (Å²) >= 11 is 0. The maximum atomic E-state index is 13.5. The normalized spacial score (nSPS) is 15.7. The molecule has 1 aromatic heterocycles. The number of para-hydroxylation sites is 1. The zero-order chi connectivity index (χ0) is 18.4. The van der Waals surface area contributed by atoms with Crippen molar-refractivity contribution in [2.75, 3.05) is 32.8 Å². The largest absolute Gasteiger partial charge is 0.490 e. The van der Waals surface area contributed by atoms with E-state index in [1.807, 2.05) is 17.9 Å². The molecule has 0 spiro atoms. The average Bonchev–Trinajstić information content (AvgIpc) is 2.89. The smallest absolute Gasteiger partial charge is 0.226 e. The predicted molar refractivity (Wildman–Crippen MR) is 94.2 cm³/mol. The fraction of sp³-hybridized carbons (Fsp3) is 0.474. The lowest BCUT2D eigenvalue weighted by Crippen LogP contribution is -2.35. The van der Waals surface area contributed by atoms with Crippen molar-refractivity contribution in [3.05, 3.63) is 47.6 Å². The SMILES string of the molecule is Cc1cc(CN2CCCN(C(=O)CCOc3ccccc3F)CC2)no1. The van der Waals surface area contributed by atoms with Crippen LogP contribution in [0.5, 0.6) is 5.75 Å². The van der Waals surface area contributed by atoms with Gasteiger partial charge < -0.3 is 14.2 Å². The van der Waals surface area contributed by atoms with Gasteiger partial charge in [-0.1, -0.05) is 17.3 Å². The number of halogens is 1. The predicted octanol–water partition coefficient (Wildman–Crippen LogP) is 2.63. The molecule has 2 aromatic rings. The molecule has 0 radical (unpaired) electrons. The molecule has 1 amide bonds. The molecule has 6 nitrogen and oxygen atoms in total. The van der Waals surface area contributed by atoms with Crippen LogP contribution in [0.25, 0.3) is 0 Å². The van der Waals surface area contributed by atoms with Gasteiger partial charge in [0.05, 0.1) is 18.7 Å². The maximum Gasteiger partial charge on any atom is 0.226 e. The molecule has 1 aliphatic rings. The lowest BCUT2D eigenvalue weighted by Gasteiger charge is -2.21. The van der Waals surface area contributed by atoms with E-state index in [-0.39, 0.29) is 24.7 Å². The number of nitrogens with zero attached hydrogens (tertiary/aromatic N) is 3. The van der Waals surface area contributed by atoms with E-state index in [2.05, 4.69) is 10.1 Å². The van der Waals surface area contributed by atoms with Crippen LogP contribution < -0.4 is 4.74 Å². The number of hydrogen-bond acceptors (Lipinski definition) is 5. The molecule has 140 valence electrons. The van der Waals surface area contributed by atoms with Crippen molar-refractivity contribution >= 4 is 5.91 Å². The zero-order valence-electron chi connectivity index (χ0n) is 15.0. The van der Waals surface area contributed by atoms with E-state index in [4.69, 9.17) is 9.26 Å². The van der Waals surface area contributed by atoms with Gasteiger partial charge in [0.25, 0.3) is 0 Å². The molecule has 7 heteroatoms. The van der Waals surface area contributed by atoms with Crippen molar-refractivity contribution < 1.29 is 18.4 Å². The third kappa shape index (κ3) is 5.05. The molecule has 26 heavy (non-hydrogen) atoms. The molecule has 0 unspecified atom stereocenters. The van der Waals surface area contributed by atoms with Crippen molar-refractivity contribution in [2.24, 2.45) is 0 Å². The molecule has 1 aromatic carbocycles. The average molecular weight is 361 g/mol. The van der Waals surface area contributed by atoms with Gasteiger partial charge in [0, 0.05) is 38.8 Å². The van der Waals surface area contributed by atoms with Crippen molar-refractivity contribution in [1.29, 1.82) is 0 Å². The van der Waals surface area contributed by atoms with Gasteiger partial charge in [-0.3, -0.25) is 9.69 Å². The second kappa shape index (κ2) is 8.80. The minimum atomic E-state index is -0.409. The monoisotopic (exact) mass is 361 g/mol. The number of rotatable bonds is 6. The van der Waals surface area contributed by atoms with E-state index >= 15 is 0 Å². The molecule has 1 saturated heterocycles. The number of amides is 1. The number of carbonyl (C=O) groups excluding carboxylic acids is 1. The Morgan fingerprint density at radius 2 is 2.12 bits per heavy atom. The minimum Gasteiger partial charge on any atom is -0.490 e. The Balaban J connectivity index is 1.43. The van der Waals surface area contributed by atoms with E-state index in [1.165, 1.54) is 6.07 Å². The van der Waals surface area contributed by atoms with E-state index in [0.717, 1.165) is 44.1 Å². The fourth-order valence-electron chi connectivity index (χ4n) is 3.07. The maximum absolute atomic E-state index is 13.5. The number of benzene rings is 1. The molecular formula is C19H24FN3O3. The van der Waals surface area contributed by atoms with Crippen molar-refractivity contribution in [3.8, 4) is 5.75 Å². The van der Waals surface area contributed by atoms with Gasteiger partial charge >= 0.3 is 0 Å². The van der Waals surface area contributed by atoms with E-state index in [0.29, 0.717) is 6.54 Å². The highest BCUT2D eigenvalue weighted by Crippen LogP contribution is 2.16. The standard InChI is InChI=1S/C19H24FN3O3/c1-15-13-16(21-26-15)14-22-8-4-9-23(11-10-22)19(24)7-12-25-18-6-3-2-5-17(18)20/h2-3,5-6,13H,4,7-12,14H2,1H3. The summed E-state index contributed by atoms with van der Waals surface area (Å²) in [4.78, 5) is 16.5. The molecule has 2 heterocycles. The summed E-state index contributed by atoms with van der Waals surface area (Å²) in [6.07, 6.45) is 1.16. The van der Waals surface area contributed by atoms with Gasteiger partial charge in [-0.2, -0.15) is 0 Å². The van der Waals surface area contributed by atoms with E-state index in [1.54, 1.807) is 18.2 Å². The molecule has 0 saturated carbocycles. The second-order valence-corrected chi connectivity index (χ2v) is 6.47. The Hall–Kier alpha value is -2.41. The summed E-state index contributed by atoms with van der Waals surface area (Å²) in [5.74, 6) is 0.626. The summed E-state index contributed by atoms with van der Waals surface area (Å²) in [6.45, 7) is 5.91. The number of aryl methyl sites for hydroxylation is 1. The highest BCUT2D eigenvalue weighted by molar-refractivity contribution is 5.76. The van der Waals surface area contributed by atoms with Gasteiger partial charge in [0.2, 0.25) is 5.91 Å². The van der Waals surface area contributed by atoms with Crippen LogP contribution in [0.2, 0.25) is 0 Å². The highest BCUT2D eigenvalue weighted by Gasteiger charge is 2.20. The highest BCUT2D eigenvalue weighted by atomic mass is 19.1. The first-order valence-corrected chi connectivity index (χ1v) is 8.91. The molecular weight excluding hydrogens is 337 g/mol. The summed E-state index contributed by atoms with van der Waals surface area (Å²) in [6, 6.07) is 8.16. The van der Waals surface area contributed by atoms with E-state index in [9.17, 15) is 9.18 Å². The first kappa shape index (κ1) is 18.4. The van der Waals surface area contributed by atoms with Crippen LogP contribution >= 0.6 is 0 Å². The van der Waals surface area contributed by atoms with Crippen molar-refractivity contribution in [2.45, 2.75) is 26.3 Å². The van der Waals surface area contributed by atoms with Crippen LogP contribution in [0.4, 0.5) is 4.39 Å². The van der Waals surface area contributed by atoms with Gasteiger partial charge in [-0.15, -0.1) is 0 Å². The number of ether oxygens (including phenoxy) is 1. The molecule has 3 rings (SSSR count). The molecule has 0 N–H and O–H groups in total. The lowest BCUT2D eigenvalue weighted by atomic mass is 10.3. The zero-order valence-corrected chi connectivity index (χ0v) is 15.0. The van der Waals surface area contributed by atoms with Gasteiger partial charge in [0.15, 0.2) is 11.6 Å². The lowest BCUT2D eigenvalue weighted by molar-refractivity contribution is -0.131. The molecule has 0 bridgehead atoms. The summed E-state index contributed by atoms with van der Waals surface area (Å²) < 4.78 is 24.0. The van der Waals surface area contributed by atoms with Crippen LogP contribution in [0.1, 0.15) is 24.3 Å². The summed E-state index contributed by atoms with van der Waals surface area (Å²) in [5, 5.41) is 4.03. The number of hydrogen-bond donors (Lipinski definition) is 0. The Labute approximate surface area is 152 Å². The van der Waals surface area contributed by atoms with Crippen LogP contribution in [0.15, 0.2) is 34.9 Å². The number of carbonyl (C=O) groups is 1. The first-order chi connectivity index (χ1) is 12.6. The quantitative estimate of drug-likeness (QED) is 0.792. The Morgan fingerprint density at radius 3 is 2.88 bits per heavy atom. The fourth-order valence-corrected chi connectivity index (χ4v) is 3.07. The second-order valence-electron chi connectivity index (χ2n) is 6.47. The Bertz CT molecular complexity index is 734. The molecule has 0 aliphatic carbocycles. The Morgan fingerprint density at radius 1 is 1.27 bits per heavy atom. The van der Waals surface area contributed by atoms with Gasteiger partial charge in [0.1, 0.15) is 5.76 Å². The van der Waals surface area contributed by atoms with Crippen molar-refractivity contribution in [3.63, 3.8) is 0 Å². The first-order valence-electron chi connectivity index (χ1n) is 8.91. The van der Waals surface area contributed by atoms with Crippen LogP contribution in [-0.4, -0.2) is 53.6 Å². The minimum absolute atomic E-state index is 0.0421. The third-order valence-electron chi connectivity index (χ3n) is 4.41. The van der Waals surface area contributed by atoms with E-state index < -0.39 is 5.82 Å². The van der Waals surface area contributed by atoms with Gasteiger partial charge in [-0.05, 0) is 25.5 Å². The molecule has 0 atom stereocenters. The molecule has 1 fully saturated rings. The van der Waals surface area contributed by atoms with Crippen molar-refractivity contribution in [1.82, 2.24) is 15.0 Å².